The number of carbonyl (C=O) groups excluding carboxylic acids is 1. The highest BCUT2D eigenvalue weighted by atomic mass is 32.2. The molecular formula is C13H24N2OS. The molecule has 0 aromatic rings. The highest BCUT2D eigenvalue weighted by Crippen LogP contribution is 2.13. The second-order valence-corrected chi connectivity index (χ2v) is 5.65. The van der Waals surface area contributed by atoms with E-state index in [0.717, 1.165) is 12.2 Å². The van der Waals surface area contributed by atoms with Crippen molar-refractivity contribution in [3.63, 3.8) is 0 Å². The fourth-order valence-corrected chi connectivity index (χ4v) is 2.17. The predicted molar refractivity (Wildman–Crippen MR) is 75.8 cm³/mol. The zero-order valence-electron chi connectivity index (χ0n) is 10.9. The van der Waals surface area contributed by atoms with E-state index in [9.17, 15) is 4.79 Å². The maximum atomic E-state index is 11.6. The summed E-state index contributed by atoms with van der Waals surface area (Å²) in [4.78, 5) is 11.6. The largest absolute Gasteiger partial charge is 0.355 e. The van der Waals surface area contributed by atoms with Crippen LogP contribution >= 0.6 is 11.8 Å². The third kappa shape index (κ3) is 10.2. The van der Waals surface area contributed by atoms with Crippen LogP contribution in [0.25, 0.3) is 0 Å². The molecule has 3 N–H and O–H groups in total. The first kappa shape index (κ1) is 16.3. The molecule has 0 aromatic carbocycles. The fraction of sp³-hybridized carbons (Fsp3) is 0.769. The zero-order chi connectivity index (χ0) is 13.1. The van der Waals surface area contributed by atoms with Crippen LogP contribution in [-0.2, 0) is 4.79 Å². The van der Waals surface area contributed by atoms with E-state index in [4.69, 9.17) is 12.2 Å². The molecule has 0 aliphatic rings. The molecule has 0 saturated heterocycles. The topological polar surface area (TPSA) is 55.1 Å². The molecule has 3 nitrogen and oxygen atoms in total. The van der Waals surface area contributed by atoms with Crippen molar-refractivity contribution < 1.29 is 4.79 Å². The lowest BCUT2D eigenvalue weighted by atomic mass is 9.94. The van der Waals surface area contributed by atoms with Crippen LogP contribution in [0.15, 0.2) is 0 Å². The molecule has 0 fully saturated rings. The van der Waals surface area contributed by atoms with Gasteiger partial charge in [0.1, 0.15) is 0 Å². The summed E-state index contributed by atoms with van der Waals surface area (Å²) in [5, 5.41) is 2.90. The fourth-order valence-electron chi connectivity index (χ4n) is 1.66. The Kier molecular flexibility index (Phi) is 10.1. The van der Waals surface area contributed by atoms with E-state index in [0.29, 0.717) is 37.1 Å². The molecule has 0 aromatic heterocycles. The smallest absolute Gasteiger partial charge is 0.220 e. The molecule has 0 heterocycles. The average molecular weight is 256 g/mol. The second kappa shape index (κ2) is 10.5. The van der Waals surface area contributed by atoms with Gasteiger partial charge in [-0.05, 0) is 24.8 Å². The number of hydrogen-bond acceptors (Lipinski definition) is 3. The first-order valence-corrected chi connectivity index (χ1v) is 7.23. The van der Waals surface area contributed by atoms with Crippen molar-refractivity contribution in [3.8, 4) is 12.3 Å². The summed E-state index contributed by atoms with van der Waals surface area (Å²) in [6.07, 6.45) is 6.67. The molecule has 0 aliphatic heterocycles. The van der Waals surface area contributed by atoms with Crippen molar-refractivity contribution in [3.05, 3.63) is 0 Å². The van der Waals surface area contributed by atoms with E-state index in [2.05, 4.69) is 25.1 Å². The molecule has 0 spiro atoms. The van der Waals surface area contributed by atoms with Gasteiger partial charge in [-0.15, -0.1) is 18.2 Å². The molecule has 0 aliphatic carbocycles. The van der Waals surface area contributed by atoms with Gasteiger partial charge >= 0.3 is 0 Å². The minimum atomic E-state index is 0.0995. The Hall–Kier alpha value is -0.660. The number of hydrogen-bond donors (Lipinski definition) is 2. The van der Waals surface area contributed by atoms with Crippen LogP contribution in [-0.4, -0.2) is 30.5 Å². The Morgan fingerprint density at radius 3 is 2.76 bits per heavy atom. The van der Waals surface area contributed by atoms with E-state index >= 15 is 0 Å². The molecule has 4 heteroatoms. The van der Waals surface area contributed by atoms with Crippen LogP contribution in [0.4, 0.5) is 0 Å². The zero-order valence-corrected chi connectivity index (χ0v) is 11.7. The van der Waals surface area contributed by atoms with E-state index < -0.39 is 0 Å². The van der Waals surface area contributed by atoms with Crippen molar-refractivity contribution in [1.82, 2.24) is 5.32 Å². The first-order chi connectivity index (χ1) is 8.10. The maximum Gasteiger partial charge on any atom is 0.220 e. The normalized spacial score (nSPS) is 12.2. The van der Waals surface area contributed by atoms with Crippen LogP contribution in [0.5, 0.6) is 0 Å². The van der Waals surface area contributed by atoms with Gasteiger partial charge in [0, 0.05) is 18.7 Å². The minimum absolute atomic E-state index is 0.0995. The predicted octanol–water partition coefficient (Wildman–Crippen LogP) is 1.48. The number of amides is 1. The standard InChI is InChI=1S/C13H24N2OS/c1-4-6-17-7-5-15-13(16)9-12(10-14)8-11(2)3/h1,11-12H,5-10,14H2,2-3H3,(H,15,16). The van der Waals surface area contributed by atoms with Gasteiger partial charge in [-0.25, -0.2) is 0 Å². The molecule has 1 amide bonds. The Morgan fingerprint density at radius 1 is 1.53 bits per heavy atom. The number of carbonyl (C=O) groups is 1. The van der Waals surface area contributed by atoms with Gasteiger partial charge in [-0.1, -0.05) is 19.8 Å². The quantitative estimate of drug-likeness (QED) is 0.485. The summed E-state index contributed by atoms with van der Waals surface area (Å²) in [6, 6.07) is 0. The van der Waals surface area contributed by atoms with Crippen molar-refractivity contribution in [2.75, 3.05) is 24.6 Å². The lowest BCUT2D eigenvalue weighted by molar-refractivity contribution is -0.121. The number of thioether (sulfide) groups is 1. The van der Waals surface area contributed by atoms with E-state index in [1.54, 1.807) is 11.8 Å². The summed E-state index contributed by atoms with van der Waals surface area (Å²) in [7, 11) is 0. The highest BCUT2D eigenvalue weighted by molar-refractivity contribution is 7.99. The lowest BCUT2D eigenvalue weighted by Gasteiger charge is -2.16. The molecule has 0 rings (SSSR count). The molecule has 17 heavy (non-hydrogen) atoms. The number of terminal acetylenes is 1. The summed E-state index contributed by atoms with van der Waals surface area (Å²) < 4.78 is 0. The van der Waals surface area contributed by atoms with Crippen LogP contribution in [0.3, 0.4) is 0 Å². The Bertz CT molecular complexity index is 248. The molecule has 98 valence electrons. The van der Waals surface area contributed by atoms with Crippen LogP contribution in [0, 0.1) is 24.2 Å². The summed E-state index contributed by atoms with van der Waals surface area (Å²) in [5.41, 5.74) is 5.66. The van der Waals surface area contributed by atoms with Gasteiger partial charge in [0.25, 0.3) is 0 Å². The molecule has 0 radical (unpaired) electrons. The van der Waals surface area contributed by atoms with Crippen molar-refractivity contribution >= 4 is 17.7 Å². The number of nitrogens with one attached hydrogen (secondary N) is 1. The van der Waals surface area contributed by atoms with Crippen molar-refractivity contribution in [2.45, 2.75) is 26.7 Å². The summed E-state index contributed by atoms with van der Waals surface area (Å²) in [5.74, 6) is 5.11. The summed E-state index contributed by atoms with van der Waals surface area (Å²) in [6.45, 7) is 5.57. The third-order valence-electron chi connectivity index (χ3n) is 2.37. The van der Waals surface area contributed by atoms with E-state index in [1.807, 2.05) is 0 Å². The Balaban J connectivity index is 3.65. The van der Waals surface area contributed by atoms with Crippen LogP contribution < -0.4 is 11.1 Å². The number of rotatable bonds is 9. The van der Waals surface area contributed by atoms with Crippen molar-refractivity contribution in [2.24, 2.45) is 17.6 Å². The summed E-state index contributed by atoms with van der Waals surface area (Å²) >= 11 is 1.65. The third-order valence-corrected chi connectivity index (χ3v) is 3.23. The number of nitrogens with two attached hydrogens (primary N) is 1. The molecule has 0 saturated carbocycles. The van der Waals surface area contributed by atoms with Gasteiger partial charge in [0.2, 0.25) is 5.91 Å². The Morgan fingerprint density at radius 2 is 2.24 bits per heavy atom. The van der Waals surface area contributed by atoms with Gasteiger partial charge in [0.05, 0.1) is 5.75 Å². The molecular weight excluding hydrogens is 232 g/mol. The second-order valence-electron chi connectivity index (χ2n) is 4.54. The molecule has 1 atom stereocenters. The van der Waals surface area contributed by atoms with Gasteiger partial charge in [-0.3, -0.25) is 4.79 Å². The highest BCUT2D eigenvalue weighted by Gasteiger charge is 2.13. The molecule has 0 bridgehead atoms. The monoisotopic (exact) mass is 256 g/mol. The van der Waals surface area contributed by atoms with Gasteiger partial charge in [-0.2, -0.15) is 0 Å². The average Bonchev–Trinajstić information content (AvgIpc) is 2.27. The maximum absolute atomic E-state index is 11.6. The van der Waals surface area contributed by atoms with Gasteiger partial charge < -0.3 is 11.1 Å². The minimum Gasteiger partial charge on any atom is -0.355 e. The Labute approximate surface area is 109 Å². The van der Waals surface area contributed by atoms with E-state index in [1.165, 1.54) is 0 Å². The lowest BCUT2D eigenvalue weighted by Crippen LogP contribution is -2.30. The van der Waals surface area contributed by atoms with E-state index in [-0.39, 0.29) is 5.91 Å². The SMILES string of the molecule is C#CCSCCNC(=O)CC(CN)CC(C)C. The van der Waals surface area contributed by atoms with Crippen molar-refractivity contribution in [1.29, 1.82) is 0 Å². The van der Waals surface area contributed by atoms with Gasteiger partial charge in [0.15, 0.2) is 0 Å². The molecule has 1 unspecified atom stereocenters. The van der Waals surface area contributed by atoms with Crippen LogP contribution in [0.1, 0.15) is 26.7 Å². The first-order valence-electron chi connectivity index (χ1n) is 6.08. The van der Waals surface area contributed by atoms with Crippen LogP contribution in [0.2, 0.25) is 0 Å².